The van der Waals surface area contributed by atoms with Crippen molar-refractivity contribution in [2.75, 3.05) is 33.2 Å². The average molecular weight is 212 g/mol. The molecule has 1 fully saturated rings. The highest BCUT2D eigenvalue weighted by Gasteiger charge is 2.20. The van der Waals surface area contributed by atoms with E-state index in [9.17, 15) is 4.79 Å². The molecule has 1 aliphatic heterocycles. The molecule has 1 rings (SSSR count). The quantitative estimate of drug-likeness (QED) is 0.706. The molecule has 0 aromatic rings. The first-order valence-electron chi connectivity index (χ1n) is 6.07. The standard InChI is InChI=1S/C12H24N2O/c1-4-7-14(11(2)15)10-12-5-8-13(3)9-6-12/h12H,4-10H2,1-3H3. The number of rotatable bonds is 4. The van der Waals surface area contributed by atoms with Crippen molar-refractivity contribution in [1.29, 1.82) is 0 Å². The monoisotopic (exact) mass is 212 g/mol. The number of likely N-dealkylation sites (tertiary alicyclic amines) is 1. The topological polar surface area (TPSA) is 23.6 Å². The van der Waals surface area contributed by atoms with E-state index in [2.05, 4.69) is 18.9 Å². The number of hydrogen-bond acceptors (Lipinski definition) is 2. The molecule has 1 aliphatic rings. The molecule has 15 heavy (non-hydrogen) atoms. The summed E-state index contributed by atoms with van der Waals surface area (Å²) in [6.07, 6.45) is 3.54. The summed E-state index contributed by atoms with van der Waals surface area (Å²) >= 11 is 0. The lowest BCUT2D eigenvalue weighted by atomic mass is 9.96. The van der Waals surface area contributed by atoms with Crippen LogP contribution < -0.4 is 0 Å². The largest absolute Gasteiger partial charge is 0.343 e. The number of nitrogens with zero attached hydrogens (tertiary/aromatic N) is 2. The van der Waals surface area contributed by atoms with Gasteiger partial charge in [-0.2, -0.15) is 0 Å². The van der Waals surface area contributed by atoms with Crippen molar-refractivity contribution in [3.8, 4) is 0 Å². The van der Waals surface area contributed by atoms with Crippen molar-refractivity contribution in [2.45, 2.75) is 33.1 Å². The van der Waals surface area contributed by atoms with Gasteiger partial charge in [-0.05, 0) is 45.3 Å². The normalized spacial score (nSPS) is 19.1. The molecular weight excluding hydrogens is 188 g/mol. The van der Waals surface area contributed by atoms with Gasteiger partial charge in [-0.1, -0.05) is 6.92 Å². The molecule has 0 bridgehead atoms. The second-order valence-corrected chi connectivity index (χ2v) is 4.71. The summed E-state index contributed by atoms with van der Waals surface area (Å²) < 4.78 is 0. The third-order valence-corrected chi connectivity index (χ3v) is 3.26. The van der Waals surface area contributed by atoms with Gasteiger partial charge in [0.1, 0.15) is 0 Å². The van der Waals surface area contributed by atoms with Crippen LogP contribution in [0.5, 0.6) is 0 Å². The van der Waals surface area contributed by atoms with E-state index in [1.54, 1.807) is 6.92 Å². The van der Waals surface area contributed by atoms with Gasteiger partial charge in [-0.15, -0.1) is 0 Å². The van der Waals surface area contributed by atoms with Crippen LogP contribution in [0.3, 0.4) is 0 Å². The Morgan fingerprint density at radius 3 is 2.47 bits per heavy atom. The first kappa shape index (κ1) is 12.5. The Labute approximate surface area is 93.4 Å². The maximum Gasteiger partial charge on any atom is 0.219 e. The summed E-state index contributed by atoms with van der Waals surface area (Å²) in [6.45, 7) is 8.07. The molecule has 0 saturated carbocycles. The minimum Gasteiger partial charge on any atom is -0.343 e. The number of carbonyl (C=O) groups excluding carboxylic acids is 1. The molecule has 3 nitrogen and oxygen atoms in total. The highest BCUT2D eigenvalue weighted by molar-refractivity contribution is 5.73. The van der Waals surface area contributed by atoms with Crippen molar-refractivity contribution in [3.05, 3.63) is 0 Å². The second kappa shape index (κ2) is 6.11. The van der Waals surface area contributed by atoms with Crippen LogP contribution in [-0.2, 0) is 4.79 Å². The Morgan fingerprint density at radius 2 is 2.00 bits per heavy atom. The average Bonchev–Trinajstić information content (AvgIpc) is 2.20. The molecular formula is C12H24N2O. The third-order valence-electron chi connectivity index (χ3n) is 3.26. The number of piperidine rings is 1. The van der Waals surface area contributed by atoms with E-state index in [-0.39, 0.29) is 5.91 Å². The first-order chi connectivity index (χ1) is 7.13. The lowest BCUT2D eigenvalue weighted by Crippen LogP contribution is -2.39. The lowest BCUT2D eigenvalue weighted by Gasteiger charge is -2.32. The predicted octanol–water partition coefficient (Wildman–Crippen LogP) is 1.59. The van der Waals surface area contributed by atoms with Crippen LogP contribution in [0.4, 0.5) is 0 Å². The molecule has 1 amide bonds. The Kier molecular flexibility index (Phi) is 5.09. The maximum atomic E-state index is 11.4. The van der Waals surface area contributed by atoms with Crippen LogP contribution >= 0.6 is 0 Å². The SMILES string of the molecule is CCCN(CC1CCN(C)CC1)C(C)=O. The Bertz CT molecular complexity index is 198. The summed E-state index contributed by atoms with van der Waals surface area (Å²) in [7, 11) is 2.17. The van der Waals surface area contributed by atoms with Crippen LogP contribution in [0, 0.1) is 5.92 Å². The van der Waals surface area contributed by atoms with Gasteiger partial charge in [-0.25, -0.2) is 0 Å². The van der Waals surface area contributed by atoms with Crippen LogP contribution in [0.25, 0.3) is 0 Å². The number of hydrogen-bond donors (Lipinski definition) is 0. The number of carbonyl (C=O) groups is 1. The van der Waals surface area contributed by atoms with Crippen LogP contribution in [-0.4, -0.2) is 48.9 Å². The molecule has 0 radical (unpaired) electrons. The van der Waals surface area contributed by atoms with Gasteiger partial charge in [0, 0.05) is 20.0 Å². The predicted molar refractivity (Wildman–Crippen MR) is 62.8 cm³/mol. The third kappa shape index (κ3) is 4.20. The highest BCUT2D eigenvalue weighted by Crippen LogP contribution is 2.17. The number of amides is 1. The Hall–Kier alpha value is -0.570. The van der Waals surface area contributed by atoms with Gasteiger partial charge in [0.2, 0.25) is 5.91 Å². The molecule has 3 heteroatoms. The van der Waals surface area contributed by atoms with Gasteiger partial charge in [0.25, 0.3) is 0 Å². The molecule has 1 heterocycles. The zero-order valence-electron chi connectivity index (χ0n) is 10.3. The van der Waals surface area contributed by atoms with E-state index < -0.39 is 0 Å². The summed E-state index contributed by atoms with van der Waals surface area (Å²) in [5.41, 5.74) is 0. The molecule has 1 saturated heterocycles. The van der Waals surface area contributed by atoms with Gasteiger partial charge in [-0.3, -0.25) is 4.79 Å². The fraction of sp³-hybridized carbons (Fsp3) is 0.917. The van der Waals surface area contributed by atoms with E-state index in [0.717, 1.165) is 25.4 Å². The lowest BCUT2D eigenvalue weighted by molar-refractivity contribution is -0.129. The summed E-state index contributed by atoms with van der Waals surface area (Å²) in [5, 5.41) is 0. The van der Waals surface area contributed by atoms with Gasteiger partial charge in [0.15, 0.2) is 0 Å². The van der Waals surface area contributed by atoms with Crippen LogP contribution in [0.1, 0.15) is 33.1 Å². The van der Waals surface area contributed by atoms with Crippen LogP contribution in [0.2, 0.25) is 0 Å². The fourth-order valence-electron chi connectivity index (χ4n) is 2.20. The highest BCUT2D eigenvalue weighted by atomic mass is 16.2. The van der Waals surface area contributed by atoms with Crippen molar-refractivity contribution in [2.24, 2.45) is 5.92 Å². The van der Waals surface area contributed by atoms with E-state index >= 15 is 0 Å². The molecule has 0 aromatic heterocycles. The van der Waals surface area contributed by atoms with E-state index in [0.29, 0.717) is 0 Å². The van der Waals surface area contributed by atoms with Crippen molar-refractivity contribution < 1.29 is 4.79 Å². The molecule has 0 aliphatic carbocycles. The van der Waals surface area contributed by atoms with E-state index in [1.807, 2.05) is 4.90 Å². The molecule has 0 unspecified atom stereocenters. The van der Waals surface area contributed by atoms with Gasteiger partial charge in [0.05, 0.1) is 0 Å². The Morgan fingerprint density at radius 1 is 1.40 bits per heavy atom. The maximum absolute atomic E-state index is 11.4. The summed E-state index contributed by atoms with van der Waals surface area (Å²) in [4.78, 5) is 15.8. The molecule has 0 N–H and O–H groups in total. The van der Waals surface area contributed by atoms with Gasteiger partial charge < -0.3 is 9.80 Å². The first-order valence-corrected chi connectivity index (χ1v) is 6.07. The fourth-order valence-corrected chi connectivity index (χ4v) is 2.20. The summed E-state index contributed by atoms with van der Waals surface area (Å²) in [5.74, 6) is 0.951. The van der Waals surface area contributed by atoms with Crippen molar-refractivity contribution in [3.63, 3.8) is 0 Å². The van der Waals surface area contributed by atoms with Crippen molar-refractivity contribution >= 4 is 5.91 Å². The molecule has 0 atom stereocenters. The van der Waals surface area contributed by atoms with Gasteiger partial charge >= 0.3 is 0 Å². The second-order valence-electron chi connectivity index (χ2n) is 4.71. The minimum absolute atomic E-state index is 0.232. The molecule has 88 valence electrons. The molecule has 0 aromatic carbocycles. The van der Waals surface area contributed by atoms with Crippen LogP contribution in [0.15, 0.2) is 0 Å². The Balaban J connectivity index is 2.34. The van der Waals surface area contributed by atoms with E-state index in [1.165, 1.54) is 25.9 Å². The zero-order valence-corrected chi connectivity index (χ0v) is 10.3. The smallest absolute Gasteiger partial charge is 0.219 e. The minimum atomic E-state index is 0.232. The zero-order chi connectivity index (χ0) is 11.3. The molecule has 0 spiro atoms. The van der Waals surface area contributed by atoms with E-state index in [4.69, 9.17) is 0 Å². The van der Waals surface area contributed by atoms with Crippen molar-refractivity contribution in [1.82, 2.24) is 9.80 Å². The summed E-state index contributed by atoms with van der Waals surface area (Å²) in [6, 6.07) is 0.